The lowest BCUT2D eigenvalue weighted by atomic mass is 10.2. The van der Waals surface area contributed by atoms with E-state index in [1.54, 1.807) is 6.92 Å². The van der Waals surface area contributed by atoms with Crippen molar-refractivity contribution < 1.29 is 14.4 Å². The molecule has 0 aliphatic carbocycles. The van der Waals surface area contributed by atoms with Crippen LogP contribution in [0, 0.1) is 0 Å². The Morgan fingerprint density at radius 2 is 1.52 bits per heavy atom. The summed E-state index contributed by atoms with van der Waals surface area (Å²) in [4.78, 5) is 17.1. The van der Waals surface area contributed by atoms with Crippen molar-refractivity contribution in [1.82, 2.24) is 5.48 Å². The average molecular weight is 314 g/mol. The molecule has 122 valence electrons. The number of hydrogen-bond acceptors (Lipinski definition) is 4. The van der Waals surface area contributed by atoms with Crippen molar-refractivity contribution in [3.05, 3.63) is 71.8 Å². The molecule has 0 aliphatic rings. The van der Waals surface area contributed by atoms with E-state index in [1.807, 2.05) is 60.7 Å². The Hall–Kier alpha value is -2.21. The van der Waals surface area contributed by atoms with Gasteiger partial charge in [0.25, 0.3) is 5.91 Å². The van der Waals surface area contributed by atoms with Crippen LogP contribution in [0.3, 0.4) is 0 Å². The van der Waals surface area contributed by atoms with Crippen LogP contribution in [0.25, 0.3) is 0 Å². The number of nitrogens with two attached hydrogens (primary N) is 1. The van der Waals surface area contributed by atoms with E-state index in [2.05, 4.69) is 5.48 Å². The third-order valence-electron chi connectivity index (χ3n) is 3.42. The maximum absolute atomic E-state index is 11.9. The molecular formula is C18H22N2O3. The minimum atomic E-state index is -0.797. The summed E-state index contributed by atoms with van der Waals surface area (Å²) in [5, 5.41) is 0. The SMILES string of the molecule is C[C@@H](OCc1ccccc1)[C@H](N)C(=O)NOCc1ccccc1. The number of hydrogen-bond donors (Lipinski definition) is 2. The van der Waals surface area contributed by atoms with Crippen LogP contribution in [0.4, 0.5) is 0 Å². The number of benzene rings is 2. The predicted octanol–water partition coefficient (Wildman–Crippen LogP) is 2.17. The fourth-order valence-corrected chi connectivity index (χ4v) is 1.95. The number of carbonyl (C=O) groups is 1. The van der Waals surface area contributed by atoms with Gasteiger partial charge in [0.15, 0.2) is 0 Å². The molecular weight excluding hydrogens is 292 g/mol. The molecule has 0 saturated carbocycles. The van der Waals surface area contributed by atoms with E-state index in [-0.39, 0.29) is 0 Å². The summed E-state index contributed by atoms with van der Waals surface area (Å²) in [5.74, 6) is -0.401. The van der Waals surface area contributed by atoms with Gasteiger partial charge in [0.1, 0.15) is 6.04 Å². The highest BCUT2D eigenvalue weighted by Gasteiger charge is 2.21. The highest BCUT2D eigenvalue weighted by atomic mass is 16.7. The Balaban J connectivity index is 1.70. The molecule has 2 atom stereocenters. The molecule has 0 fully saturated rings. The molecule has 23 heavy (non-hydrogen) atoms. The minimum absolute atomic E-state index is 0.290. The van der Waals surface area contributed by atoms with Crippen molar-refractivity contribution in [2.24, 2.45) is 5.73 Å². The molecule has 0 spiro atoms. The second kappa shape index (κ2) is 9.05. The summed E-state index contributed by atoms with van der Waals surface area (Å²) in [6.45, 7) is 2.47. The third-order valence-corrected chi connectivity index (χ3v) is 3.42. The first-order valence-electron chi connectivity index (χ1n) is 7.53. The monoisotopic (exact) mass is 314 g/mol. The van der Waals surface area contributed by atoms with E-state index in [0.29, 0.717) is 13.2 Å². The lowest BCUT2D eigenvalue weighted by Gasteiger charge is -2.19. The van der Waals surface area contributed by atoms with Crippen molar-refractivity contribution in [2.45, 2.75) is 32.3 Å². The molecule has 2 rings (SSSR count). The quantitative estimate of drug-likeness (QED) is 0.732. The van der Waals surface area contributed by atoms with Crippen molar-refractivity contribution in [2.75, 3.05) is 0 Å². The largest absolute Gasteiger partial charge is 0.372 e. The maximum Gasteiger partial charge on any atom is 0.263 e. The van der Waals surface area contributed by atoms with Gasteiger partial charge in [0.05, 0.1) is 19.3 Å². The van der Waals surface area contributed by atoms with Crippen LogP contribution in [0.2, 0.25) is 0 Å². The Labute approximate surface area is 136 Å². The van der Waals surface area contributed by atoms with Gasteiger partial charge in [-0.15, -0.1) is 0 Å². The summed E-state index contributed by atoms with van der Waals surface area (Å²) in [6, 6.07) is 18.5. The van der Waals surface area contributed by atoms with E-state index in [0.717, 1.165) is 11.1 Å². The molecule has 0 heterocycles. The molecule has 0 saturated heterocycles. The van der Waals surface area contributed by atoms with Gasteiger partial charge in [-0.25, -0.2) is 5.48 Å². The van der Waals surface area contributed by atoms with Gasteiger partial charge < -0.3 is 10.5 Å². The normalized spacial score (nSPS) is 13.3. The van der Waals surface area contributed by atoms with Gasteiger partial charge in [0, 0.05) is 0 Å². The van der Waals surface area contributed by atoms with E-state index in [1.165, 1.54) is 0 Å². The Bertz CT molecular complexity index is 590. The zero-order valence-electron chi connectivity index (χ0n) is 13.1. The Morgan fingerprint density at radius 1 is 1.00 bits per heavy atom. The van der Waals surface area contributed by atoms with Crippen LogP contribution >= 0.6 is 0 Å². The topological polar surface area (TPSA) is 73.6 Å². The highest BCUT2D eigenvalue weighted by molar-refractivity contribution is 5.81. The first-order valence-corrected chi connectivity index (χ1v) is 7.53. The van der Waals surface area contributed by atoms with E-state index in [9.17, 15) is 4.79 Å². The third kappa shape index (κ3) is 5.83. The summed E-state index contributed by atoms with van der Waals surface area (Å²) < 4.78 is 5.63. The Morgan fingerprint density at radius 3 is 2.09 bits per heavy atom. The molecule has 0 bridgehead atoms. The molecule has 0 unspecified atom stereocenters. The van der Waals surface area contributed by atoms with Crippen LogP contribution in [0.5, 0.6) is 0 Å². The Kier molecular flexibility index (Phi) is 6.75. The van der Waals surface area contributed by atoms with Crippen LogP contribution < -0.4 is 11.2 Å². The predicted molar refractivity (Wildman–Crippen MR) is 88.0 cm³/mol. The second-order valence-corrected chi connectivity index (χ2v) is 5.27. The van der Waals surface area contributed by atoms with Crippen LogP contribution in [-0.4, -0.2) is 18.1 Å². The zero-order valence-corrected chi connectivity index (χ0v) is 13.1. The molecule has 3 N–H and O–H groups in total. The van der Waals surface area contributed by atoms with Crippen molar-refractivity contribution in [3.63, 3.8) is 0 Å². The summed E-state index contributed by atoms with van der Waals surface area (Å²) in [7, 11) is 0. The smallest absolute Gasteiger partial charge is 0.263 e. The van der Waals surface area contributed by atoms with Gasteiger partial charge in [-0.05, 0) is 18.1 Å². The number of amides is 1. The van der Waals surface area contributed by atoms with Gasteiger partial charge in [-0.2, -0.15) is 0 Å². The van der Waals surface area contributed by atoms with Crippen LogP contribution in [0.15, 0.2) is 60.7 Å². The lowest BCUT2D eigenvalue weighted by Crippen LogP contribution is -2.48. The molecule has 2 aromatic carbocycles. The van der Waals surface area contributed by atoms with Gasteiger partial charge >= 0.3 is 0 Å². The molecule has 5 nitrogen and oxygen atoms in total. The molecule has 0 aliphatic heterocycles. The number of nitrogens with one attached hydrogen (secondary N) is 1. The number of rotatable bonds is 8. The second-order valence-electron chi connectivity index (χ2n) is 5.27. The molecule has 1 amide bonds. The summed E-state index contributed by atoms with van der Waals surface area (Å²) >= 11 is 0. The van der Waals surface area contributed by atoms with Gasteiger partial charge in [0.2, 0.25) is 0 Å². The average Bonchev–Trinajstić information content (AvgIpc) is 2.60. The van der Waals surface area contributed by atoms with E-state index < -0.39 is 18.1 Å². The van der Waals surface area contributed by atoms with Crippen LogP contribution in [-0.2, 0) is 27.6 Å². The maximum atomic E-state index is 11.9. The lowest BCUT2D eigenvalue weighted by molar-refractivity contribution is -0.139. The van der Waals surface area contributed by atoms with E-state index >= 15 is 0 Å². The first kappa shape index (κ1) is 17.1. The molecule has 0 aromatic heterocycles. The van der Waals surface area contributed by atoms with E-state index in [4.69, 9.17) is 15.3 Å². The van der Waals surface area contributed by atoms with Crippen molar-refractivity contribution in [1.29, 1.82) is 0 Å². The standard InChI is InChI=1S/C18H22N2O3/c1-14(22-12-15-8-4-2-5-9-15)17(19)18(21)20-23-13-16-10-6-3-7-11-16/h2-11,14,17H,12-13,19H2,1H3,(H,20,21)/t14-,17+/m1/s1. The van der Waals surface area contributed by atoms with Crippen LogP contribution in [0.1, 0.15) is 18.1 Å². The molecule has 5 heteroatoms. The molecule has 0 radical (unpaired) electrons. The highest BCUT2D eigenvalue weighted by Crippen LogP contribution is 2.05. The number of hydroxylamine groups is 1. The number of ether oxygens (including phenoxy) is 1. The van der Waals surface area contributed by atoms with Gasteiger partial charge in [-0.1, -0.05) is 60.7 Å². The van der Waals surface area contributed by atoms with Crippen molar-refractivity contribution >= 4 is 5.91 Å². The fraction of sp³-hybridized carbons (Fsp3) is 0.278. The van der Waals surface area contributed by atoms with Crippen molar-refractivity contribution in [3.8, 4) is 0 Å². The first-order chi connectivity index (χ1) is 11.2. The number of carbonyl (C=O) groups excluding carboxylic acids is 1. The minimum Gasteiger partial charge on any atom is -0.372 e. The zero-order chi connectivity index (χ0) is 16.5. The fourth-order valence-electron chi connectivity index (χ4n) is 1.95. The summed E-state index contributed by atoms with van der Waals surface area (Å²) in [6.07, 6.45) is -0.421. The van der Waals surface area contributed by atoms with Gasteiger partial charge in [-0.3, -0.25) is 9.63 Å². The molecule has 2 aromatic rings. The summed E-state index contributed by atoms with van der Waals surface area (Å²) in [5.41, 5.74) is 10.3.